The topological polar surface area (TPSA) is 164 Å². The van der Waals surface area contributed by atoms with Crippen LogP contribution in [0.5, 0.6) is 5.75 Å². The standard InChI is InChI=1S/C20H24FN4O8P/c1-20(21)16(26)14(32-18(20)25-9-7-15(22)23-19(25)28)11-31-34(29,24-13-8-10-30-17(13)27)33-12-5-3-2-4-6-12/h2-7,9,13-14,16,18,26H,8,10-11H2,1H3,(H,24,29)(H2,22,23,28)/t13-,14?,16+,18+,20+,34?/m0/s1. The predicted octanol–water partition coefficient (Wildman–Crippen LogP) is 0.921. The van der Waals surface area contributed by atoms with Crippen molar-refractivity contribution in [3.05, 3.63) is 53.1 Å². The van der Waals surface area contributed by atoms with Crippen molar-refractivity contribution in [3.8, 4) is 5.75 Å². The van der Waals surface area contributed by atoms with Gasteiger partial charge in [-0.05, 0) is 25.1 Å². The van der Waals surface area contributed by atoms with Crippen LogP contribution in [0.2, 0.25) is 0 Å². The number of anilines is 1. The molecule has 1 aromatic carbocycles. The van der Waals surface area contributed by atoms with E-state index in [4.69, 9.17) is 24.3 Å². The van der Waals surface area contributed by atoms with Crippen LogP contribution in [-0.2, 0) is 23.4 Å². The first-order chi connectivity index (χ1) is 16.1. The van der Waals surface area contributed by atoms with Gasteiger partial charge in [-0.2, -0.15) is 10.1 Å². The number of ether oxygens (including phenoxy) is 2. The second kappa shape index (κ2) is 9.43. The molecular formula is C20H24FN4O8P. The Morgan fingerprint density at radius 1 is 1.35 bits per heavy atom. The van der Waals surface area contributed by atoms with Crippen LogP contribution in [0.1, 0.15) is 19.6 Å². The Labute approximate surface area is 193 Å². The first-order valence-electron chi connectivity index (χ1n) is 10.4. The summed E-state index contributed by atoms with van der Waals surface area (Å²) in [6, 6.07) is 8.41. The minimum atomic E-state index is -4.22. The summed E-state index contributed by atoms with van der Waals surface area (Å²) in [5.74, 6) is -0.495. The number of cyclic esters (lactones) is 1. The van der Waals surface area contributed by atoms with Crippen LogP contribution in [0.4, 0.5) is 10.2 Å². The van der Waals surface area contributed by atoms with E-state index in [0.717, 1.165) is 11.5 Å². The zero-order valence-electron chi connectivity index (χ0n) is 18.1. The number of aliphatic hydroxyl groups is 1. The number of aliphatic hydroxyl groups excluding tert-OH is 1. The molecule has 1 aromatic heterocycles. The fraction of sp³-hybridized carbons (Fsp3) is 0.450. The summed E-state index contributed by atoms with van der Waals surface area (Å²) in [5.41, 5.74) is 2.17. The number of benzene rings is 1. The lowest BCUT2D eigenvalue weighted by Gasteiger charge is -2.25. The molecular weight excluding hydrogens is 474 g/mol. The van der Waals surface area contributed by atoms with Crippen molar-refractivity contribution < 1.29 is 37.4 Å². The highest BCUT2D eigenvalue weighted by atomic mass is 31.2. The second-order valence-corrected chi connectivity index (χ2v) is 9.69. The van der Waals surface area contributed by atoms with Gasteiger partial charge in [0.2, 0.25) is 0 Å². The summed E-state index contributed by atoms with van der Waals surface area (Å²) >= 11 is 0. The lowest BCUT2D eigenvalue weighted by atomic mass is 9.98. The summed E-state index contributed by atoms with van der Waals surface area (Å²) in [7, 11) is -4.22. The van der Waals surface area contributed by atoms with Gasteiger partial charge >= 0.3 is 19.4 Å². The predicted molar refractivity (Wildman–Crippen MR) is 115 cm³/mol. The van der Waals surface area contributed by atoms with Gasteiger partial charge in [-0.15, -0.1) is 0 Å². The number of rotatable bonds is 8. The molecule has 0 saturated carbocycles. The molecule has 34 heavy (non-hydrogen) atoms. The minimum Gasteiger partial charge on any atom is -0.464 e. The molecule has 4 N–H and O–H groups in total. The Bertz CT molecular complexity index is 1150. The monoisotopic (exact) mass is 498 g/mol. The number of nitrogens with one attached hydrogen (secondary N) is 1. The number of nitrogens with zero attached hydrogens (tertiary/aromatic N) is 2. The highest BCUT2D eigenvalue weighted by Gasteiger charge is 2.56. The molecule has 12 nitrogen and oxygen atoms in total. The molecule has 2 aliphatic heterocycles. The summed E-state index contributed by atoms with van der Waals surface area (Å²) < 4.78 is 51.1. The molecule has 14 heteroatoms. The van der Waals surface area contributed by atoms with Crippen LogP contribution in [0, 0.1) is 0 Å². The number of halogens is 1. The Morgan fingerprint density at radius 3 is 2.74 bits per heavy atom. The van der Waals surface area contributed by atoms with Crippen molar-refractivity contribution in [2.75, 3.05) is 18.9 Å². The van der Waals surface area contributed by atoms with Gasteiger partial charge in [-0.25, -0.2) is 13.8 Å². The summed E-state index contributed by atoms with van der Waals surface area (Å²) in [4.78, 5) is 27.6. The van der Waals surface area contributed by atoms with E-state index in [0.29, 0.717) is 0 Å². The van der Waals surface area contributed by atoms with E-state index >= 15 is 4.39 Å². The number of alkyl halides is 1. The molecule has 2 saturated heterocycles. The minimum absolute atomic E-state index is 0.0595. The molecule has 2 unspecified atom stereocenters. The average molecular weight is 498 g/mol. The van der Waals surface area contributed by atoms with E-state index in [1.54, 1.807) is 18.2 Å². The second-order valence-electron chi connectivity index (χ2n) is 8.00. The normalized spacial score (nSPS) is 30.6. The van der Waals surface area contributed by atoms with E-state index < -0.39 is 56.2 Å². The molecule has 0 aliphatic carbocycles. The van der Waals surface area contributed by atoms with Gasteiger partial charge in [-0.3, -0.25) is 13.9 Å². The first kappa shape index (κ1) is 24.3. The number of hydrogen-bond donors (Lipinski definition) is 3. The van der Waals surface area contributed by atoms with Gasteiger partial charge in [0.05, 0.1) is 13.2 Å². The lowest BCUT2D eigenvalue weighted by molar-refractivity contribution is -0.139. The van der Waals surface area contributed by atoms with Crippen molar-refractivity contribution in [1.29, 1.82) is 0 Å². The first-order valence-corrected chi connectivity index (χ1v) is 11.9. The van der Waals surface area contributed by atoms with E-state index in [-0.39, 0.29) is 24.6 Å². The molecule has 3 heterocycles. The van der Waals surface area contributed by atoms with Crippen molar-refractivity contribution in [3.63, 3.8) is 0 Å². The average Bonchev–Trinajstić information content (AvgIpc) is 3.28. The van der Waals surface area contributed by atoms with Crippen LogP contribution in [0.3, 0.4) is 0 Å². The fourth-order valence-electron chi connectivity index (χ4n) is 3.64. The fourth-order valence-corrected chi connectivity index (χ4v) is 5.18. The van der Waals surface area contributed by atoms with Crippen LogP contribution >= 0.6 is 7.75 Å². The molecule has 6 atom stereocenters. The third-order valence-corrected chi connectivity index (χ3v) is 7.02. The van der Waals surface area contributed by atoms with Crippen LogP contribution in [0.25, 0.3) is 0 Å². The van der Waals surface area contributed by atoms with Gasteiger partial charge in [0.1, 0.15) is 29.8 Å². The third kappa shape index (κ3) is 4.98. The van der Waals surface area contributed by atoms with E-state index in [1.807, 2.05) is 0 Å². The number of carbonyl (C=O) groups excluding carboxylic acids is 1. The SMILES string of the molecule is C[C@@]1(F)[C@H](O)C(COP(=O)(N[C@H]2CCOC2=O)Oc2ccccc2)O[C@H]1n1ccc(N)nc1=O. The third-order valence-electron chi connectivity index (χ3n) is 5.45. The zero-order valence-corrected chi connectivity index (χ0v) is 19.0. The van der Waals surface area contributed by atoms with E-state index in [9.17, 15) is 19.3 Å². The number of esters is 1. The number of para-hydroxylation sites is 1. The maximum absolute atomic E-state index is 15.4. The summed E-state index contributed by atoms with van der Waals surface area (Å²) in [6.45, 7) is 0.601. The molecule has 0 radical (unpaired) electrons. The van der Waals surface area contributed by atoms with Gasteiger partial charge < -0.3 is 24.8 Å². The Kier molecular flexibility index (Phi) is 6.74. The molecule has 2 fully saturated rings. The van der Waals surface area contributed by atoms with Crippen LogP contribution in [0.15, 0.2) is 47.4 Å². The molecule has 184 valence electrons. The number of nitrogens with two attached hydrogens (primary N) is 1. The largest absolute Gasteiger partial charge is 0.464 e. The highest BCUT2D eigenvalue weighted by molar-refractivity contribution is 7.52. The molecule has 0 spiro atoms. The van der Waals surface area contributed by atoms with Gasteiger partial charge in [0.25, 0.3) is 0 Å². The maximum Gasteiger partial charge on any atom is 0.459 e. The number of nitrogen functional groups attached to an aromatic ring is 1. The summed E-state index contributed by atoms with van der Waals surface area (Å²) in [6.07, 6.45) is -3.22. The Hall–Kier alpha value is -2.83. The molecule has 0 bridgehead atoms. The van der Waals surface area contributed by atoms with Gasteiger partial charge in [-0.1, -0.05) is 18.2 Å². The van der Waals surface area contributed by atoms with E-state index in [1.165, 1.54) is 24.4 Å². The molecule has 4 rings (SSSR count). The van der Waals surface area contributed by atoms with Crippen LogP contribution in [-0.4, -0.2) is 57.8 Å². The van der Waals surface area contributed by atoms with Crippen molar-refractivity contribution >= 4 is 19.5 Å². The maximum atomic E-state index is 15.4. The van der Waals surface area contributed by atoms with Crippen LogP contribution < -0.4 is 21.0 Å². The summed E-state index contributed by atoms with van der Waals surface area (Å²) in [5, 5.41) is 13.1. The number of hydrogen-bond acceptors (Lipinski definition) is 10. The number of aromatic nitrogens is 2. The molecule has 2 aromatic rings. The quantitative estimate of drug-likeness (QED) is 0.350. The van der Waals surface area contributed by atoms with E-state index in [2.05, 4.69) is 10.1 Å². The molecule has 2 aliphatic rings. The number of carbonyl (C=O) groups is 1. The van der Waals surface area contributed by atoms with Crippen molar-refractivity contribution in [2.45, 2.75) is 43.5 Å². The van der Waals surface area contributed by atoms with Gasteiger partial charge in [0.15, 0.2) is 11.9 Å². The van der Waals surface area contributed by atoms with Crippen molar-refractivity contribution in [2.24, 2.45) is 0 Å². The lowest BCUT2D eigenvalue weighted by Crippen LogP contribution is -2.43. The van der Waals surface area contributed by atoms with Crippen molar-refractivity contribution in [1.82, 2.24) is 14.6 Å². The Morgan fingerprint density at radius 2 is 2.09 bits per heavy atom. The Balaban J connectivity index is 1.52. The molecule has 0 amide bonds. The zero-order chi connectivity index (χ0) is 24.5. The highest BCUT2D eigenvalue weighted by Crippen LogP contribution is 2.48. The smallest absolute Gasteiger partial charge is 0.459 e. The van der Waals surface area contributed by atoms with Gasteiger partial charge in [0, 0.05) is 12.6 Å².